The van der Waals surface area contributed by atoms with Crippen molar-refractivity contribution in [3.8, 4) is 28.2 Å². The van der Waals surface area contributed by atoms with Crippen LogP contribution in [0.1, 0.15) is 15.9 Å². The number of non-ortho nitro benzene ring substituents is 1. The summed E-state index contributed by atoms with van der Waals surface area (Å²) in [4.78, 5) is 27.0. The molecule has 0 saturated carbocycles. The summed E-state index contributed by atoms with van der Waals surface area (Å²) >= 11 is 6.03. The van der Waals surface area contributed by atoms with Crippen LogP contribution in [-0.2, 0) is 0 Å². The lowest BCUT2D eigenvalue weighted by atomic mass is 10.1. The predicted octanol–water partition coefficient (Wildman–Crippen LogP) is 7.82. The number of carboxylic acids is 1. The van der Waals surface area contributed by atoms with Gasteiger partial charge in [0.2, 0.25) is 0 Å². The Balaban J connectivity index is 1.74. The number of aromatic nitrogens is 1. The first-order valence-electron chi connectivity index (χ1n) is 11.6. The van der Waals surface area contributed by atoms with E-state index < -0.39 is 10.9 Å². The second kappa shape index (κ2) is 10.5. The largest absolute Gasteiger partial charge is 0.478 e. The third kappa shape index (κ3) is 4.96. The highest BCUT2D eigenvalue weighted by atomic mass is 35.5. The number of carbonyl (C=O) groups is 1. The van der Waals surface area contributed by atoms with Gasteiger partial charge >= 0.3 is 5.97 Å². The molecule has 1 aromatic heterocycles. The Morgan fingerprint density at radius 3 is 2.11 bits per heavy atom. The minimum absolute atomic E-state index is 0.00203. The predicted molar refractivity (Wildman–Crippen MR) is 149 cm³/mol. The smallest absolute Gasteiger partial charge is 0.337 e. The first-order chi connectivity index (χ1) is 18.4. The number of aromatic carboxylic acids is 1. The summed E-state index contributed by atoms with van der Waals surface area (Å²) in [6.07, 6.45) is 1.69. The van der Waals surface area contributed by atoms with Gasteiger partial charge in [0.1, 0.15) is 0 Å². The van der Waals surface area contributed by atoms with Crippen LogP contribution in [0.2, 0.25) is 5.02 Å². The Bertz CT molecular complexity index is 1660. The molecule has 1 N–H and O–H groups in total. The fraction of sp³-hybridized carbons (Fsp3) is 0. The molecule has 0 aliphatic rings. The molecule has 186 valence electrons. The molecule has 0 atom stereocenters. The van der Waals surface area contributed by atoms with Gasteiger partial charge in [-0.05, 0) is 47.5 Å². The number of nitrogens with zero attached hydrogens (tertiary/aromatic N) is 3. The number of carboxylic acid groups (broad SMARTS) is 1. The van der Waals surface area contributed by atoms with Gasteiger partial charge in [-0.15, -0.1) is 0 Å². The van der Waals surface area contributed by atoms with E-state index in [-0.39, 0.29) is 16.3 Å². The highest BCUT2D eigenvalue weighted by Crippen LogP contribution is 2.36. The molecule has 0 bridgehead atoms. The van der Waals surface area contributed by atoms with Crippen LogP contribution in [0.4, 0.5) is 11.4 Å². The van der Waals surface area contributed by atoms with Crippen molar-refractivity contribution in [2.75, 3.05) is 0 Å². The molecular weight excluding hydrogens is 502 g/mol. The molecule has 0 spiro atoms. The third-order valence-corrected chi connectivity index (χ3v) is 6.33. The second-order valence-electron chi connectivity index (χ2n) is 8.40. The minimum atomic E-state index is -1.13. The van der Waals surface area contributed by atoms with Crippen LogP contribution in [0.5, 0.6) is 0 Å². The number of halogens is 1. The summed E-state index contributed by atoms with van der Waals surface area (Å²) < 4.78 is 2.04. The number of rotatable bonds is 7. The molecule has 0 aliphatic carbocycles. The summed E-state index contributed by atoms with van der Waals surface area (Å²) in [6.45, 7) is 0. The summed E-state index contributed by atoms with van der Waals surface area (Å²) in [7, 11) is 0. The normalized spacial score (nSPS) is 11.1. The van der Waals surface area contributed by atoms with Crippen LogP contribution in [0.25, 0.3) is 28.2 Å². The number of nitro benzene ring substituents is 1. The van der Waals surface area contributed by atoms with E-state index in [1.807, 2.05) is 71.3 Å². The lowest BCUT2D eigenvalue weighted by molar-refractivity contribution is -0.384. The first kappa shape index (κ1) is 24.7. The zero-order valence-electron chi connectivity index (χ0n) is 19.9. The van der Waals surface area contributed by atoms with Gasteiger partial charge in [-0.3, -0.25) is 15.1 Å². The summed E-state index contributed by atoms with van der Waals surface area (Å²) in [5.41, 5.74) is 5.49. The van der Waals surface area contributed by atoms with Gasteiger partial charge in [0.15, 0.2) is 0 Å². The van der Waals surface area contributed by atoms with Crippen molar-refractivity contribution >= 4 is 35.2 Å². The molecule has 5 rings (SSSR count). The number of nitro groups is 1. The van der Waals surface area contributed by atoms with E-state index in [0.717, 1.165) is 33.8 Å². The topological polar surface area (TPSA) is 97.7 Å². The standard InChI is InChI=1S/C30H20ClN3O4/c31-27-16-11-23(18-26(27)30(35)36)32-19-22-17-28(20-7-3-1-4-8-20)33(29(22)21-9-5-2-6-10-21)24-12-14-25(15-13-24)34(37)38/h1-19H,(H,35,36). The van der Waals surface area contributed by atoms with E-state index in [1.54, 1.807) is 24.4 Å². The molecule has 1 heterocycles. The van der Waals surface area contributed by atoms with Crippen molar-refractivity contribution < 1.29 is 14.8 Å². The third-order valence-electron chi connectivity index (χ3n) is 6.00. The fourth-order valence-electron chi connectivity index (χ4n) is 4.23. The van der Waals surface area contributed by atoms with Crippen LogP contribution in [0, 0.1) is 10.1 Å². The highest BCUT2D eigenvalue weighted by Gasteiger charge is 2.19. The number of hydrogen-bond acceptors (Lipinski definition) is 4. The Kier molecular flexibility index (Phi) is 6.84. The zero-order chi connectivity index (χ0) is 26.6. The lowest BCUT2D eigenvalue weighted by Crippen LogP contribution is -2.01. The average molecular weight is 522 g/mol. The molecule has 7 nitrogen and oxygen atoms in total. The summed E-state index contributed by atoms with van der Waals surface area (Å²) in [6, 6.07) is 32.5. The Hall–Kier alpha value is -5.01. The van der Waals surface area contributed by atoms with E-state index in [9.17, 15) is 20.0 Å². The van der Waals surface area contributed by atoms with Crippen LogP contribution >= 0.6 is 11.6 Å². The van der Waals surface area contributed by atoms with E-state index >= 15 is 0 Å². The van der Waals surface area contributed by atoms with Crippen molar-refractivity contribution in [3.63, 3.8) is 0 Å². The zero-order valence-corrected chi connectivity index (χ0v) is 20.6. The molecule has 0 amide bonds. The van der Waals surface area contributed by atoms with Crippen molar-refractivity contribution in [3.05, 3.63) is 135 Å². The highest BCUT2D eigenvalue weighted by molar-refractivity contribution is 6.33. The van der Waals surface area contributed by atoms with E-state index in [0.29, 0.717) is 5.69 Å². The first-order valence-corrected chi connectivity index (χ1v) is 12.0. The second-order valence-corrected chi connectivity index (χ2v) is 8.81. The maximum Gasteiger partial charge on any atom is 0.337 e. The van der Waals surface area contributed by atoms with Crippen LogP contribution < -0.4 is 0 Å². The van der Waals surface area contributed by atoms with Crippen LogP contribution in [0.3, 0.4) is 0 Å². The number of aliphatic imine (C=N–C) groups is 1. The Morgan fingerprint density at radius 1 is 0.868 bits per heavy atom. The summed E-state index contributed by atoms with van der Waals surface area (Å²) in [5, 5.41) is 20.8. The van der Waals surface area contributed by atoms with E-state index in [2.05, 4.69) is 4.99 Å². The molecule has 5 aromatic rings. The van der Waals surface area contributed by atoms with Crippen molar-refractivity contribution in [2.24, 2.45) is 4.99 Å². The van der Waals surface area contributed by atoms with Gasteiger partial charge in [0, 0.05) is 29.6 Å². The Morgan fingerprint density at radius 2 is 1.50 bits per heavy atom. The van der Waals surface area contributed by atoms with Gasteiger partial charge < -0.3 is 9.67 Å². The quantitative estimate of drug-likeness (QED) is 0.134. The Labute approximate surface area is 223 Å². The number of benzene rings is 4. The van der Waals surface area contributed by atoms with E-state index in [4.69, 9.17) is 11.6 Å². The molecule has 0 saturated heterocycles. The molecule has 38 heavy (non-hydrogen) atoms. The maximum atomic E-state index is 11.5. The maximum absolute atomic E-state index is 11.5. The molecule has 0 unspecified atom stereocenters. The molecule has 0 aliphatic heterocycles. The average Bonchev–Trinajstić information content (AvgIpc) is 3.33. The van der Waals surface area contributed by atoms with Crippen molar-refractivity contribution in [1.82, 2.24) is 4.57 Å². The lowest BCUT2D eigenvalue weighted by Gasteiger charge is -2.15. The van der Waals surface area contributed by atoms with Gasteiger partial charge in [-0.2, -0.15) is 0 Å². The van der Waals surface area contributed by atoms with Gasteiger partial charge in [-0.25, -0.2) is 4.79 Å². The van der Waals surface area contributed by atoms with Gasteiger partial charge in [-0.1, -0.05) is 72.3 Å². The monoisotopic (exact) mass is 521 g/mol. The van der Waals surface area contributed by atoms with E-state index in [1.165, 1.54) is 24.3 Å². The minimum Gasteiger partial charge on any atom is -0.478 e. The van der Waals surface area contributed by atoms with Crippen molar-refractivity contribution in [2.45, 2.75) is 0 Å². The summed E-state index contributed by atoms with van der Waals surface area (Å²) in [5.74, 6) is -1.13. The van der Waals surface area contributed by atoms with Crippen LogP contribution in [0.15, 0.2) is 114 Å². The SMILES string of the molecule is O=C(O)c1cc(N=Cc2cc(-c3ccccc3)n(-c3ccc([N+](=O)[O-])cc3)c2-c2ccccc2)ccc1Cl. The van der Waals surface area contributed by atoms with Crippen molar-refractivity contribution in [1.29, 1.82) is 0 Å². The molecule has 0 radical (unpaired) electrons. The van der Waals surface area contributed by atoms with Gasteiger partial charge in [0.25, 0.3) is 5.69 Å². The fourth-order valence-corrected chi connectivity index (χ4v) is 4.43. The number of hydrogen-bond donors (Lipinski definition) is 1. The molecular formula is C30H20ClN3O4. The molecule has 4 aromatic carbocycles. The van der Waals surface area contributed by atoms with Crippen LogP contribution in [-0.4, -0.2) is 26.8 Å². The molecule has 0 fully saturated rings. The van der Waals surface area contributed by atoms with Gasteiger partial charge in [0.05, 0.1) is 32.6 Å². The molecule has 8 heteroatoms.